The second-order valence-corrected chi connectivity index (χ2v) is 6.78. The standard InChI is InChI=1S/2C11H18/c2*1-2-3-4-5-8-11-9-6-7-10-11/h11H,2-4,6-7,9-10H2,1H3;4,8,11H,2-3,6-7,9-10H2,1H3. The van der Waals surface area contributed by atoms with Crippen molar-refractivity contribution < 1.29 is 0 Å². The first-order valence-corrected chi connectivity index (χ1v) is 9.76. The molecule has 0 atom stereocenters. The highest BCUT2D eigenvalue weighted by Gasteiger charge is 2.11. The van der Waals surface area contributed by atoms with Crippen LogP contribution in [0.5, 0.6) is 0 Å². The minimum absolute atomic E-state index is 0.756. The molecule has 2 fully saturated rings. The molecule has 124 valence electrons. The zero-order valence-corrected chi connectivity index (χ0v) is 15.0. The Morgan fingerprint density at radius 2 is 1.59 bits per heavy atom. The summed E-state index contributed by atoms with van der Waals surface area (Å²) in [5.74, 6) is 8.25. The maximum atomic E-state index is 3.37. The van der Waals surface area contributed by atoms with Crippen molar-refractivity contribution in [3.8, 4) is 11.8 Å². The van der Waals surface area contributed by atoms with Crippen LogP contribution in [0, 0.1) is 23.7 Å². The third-order valence-corrected chi connectivity index (χ3v) is 4.60. The lowest BCUT2D eigenvalue weighted by Gasteiger charge is -1.95. The van der Waals surface area contributed by atoms with E-state index in [4.69, 9.17) is 0 Å². The minimum Gasteiger partial charge on any atom is -0.129 e. The molecule has 0 radical (unpaired) electrons. The Morgan fingerprint density at radius 3 is 2.23 bits per heavy atom. The van der Waals surface area contributed by atoms with Crippen LogP contribution in [0.15, 0.2) is 17.9 Å². The molecule has 2 aliphatic carbocycles. The second-order valence-electron chi connectivity index (χ2n) is 6.78. The molecule has 2 aliphatic rings. The van der Waals surface area contributed by atoms with Crippen molar-refractivity contribution >= 4 is 0 Å². The first-order chi connectivity index (χ1) is 10.9. The van der Waals surface area contributed by atoms with Crippen molar-refractivity contribution in [2.45, 2.75) is 97.3 Å². The molecule has 22 heavy (non-hydrogen) atoms. The smallest absolute Gasteiger partial charge is 0.0202 e. The van der Waals surface area contributed by atoms with Gasteiger partial charge in [0.2, 0.25) is 0 Å². The number of hydrogen-bond donors (Lipinski definition) is 0. The Kier molecular flexibility index (Phi) is 11.9. The summed E-state index contributed by atoms with van der Waals surface area (Å²) in [6, 6.07) is 0. The van der Waals surface area contributed by atoms with E-state index in [0.29, 0.717) is 0 Å². The van der Waals surface area contributed by atoms with Gasteiger partial charge in [-0.05, 0) is 56.6 Å². The Morgan fingerprint density at radius 1 is 0.909 bits per heavy atom. The molecule has 0 bridgehead atoms. The van der Waals surface area contributed by atoms with Crippen LogP contribution in [0.2, 0.25) is 0 Å². The molecule has 0 unspecified atom stereocenters. The lowest BCUT2D eigenvalue weighted by atomic mass is 10.1. The Hall–Kier alpha value is -0.920. The predicted octanol–water partition coefficient (Wildman–Crippen LogP) is 7.06. The van der Waals surface area contributed by atoms with E-state index in [1.807, 2.05) is 0 Å². The molecule has 0 aromatic carbocycles. The van der Waals surface area contributed by atoms with Crippen molar-refractivity contribution in [1.29, 1.82) is 0 Å². The molecule has 2 rings (SSSR count). The van der Waals surface area contributed by atoms with Crippen LogP contribution in [-0.4, -0.2) is 0 Å². The predicted molar refractivity (Wildman–Crippen MR) is 98.8 cm³/mol. The van der Waals surface area contributed by atoms with E-state index in [2.05, 4.69) is 43.6 Å². The van der Waals surface area contributed by atoms with E-state index in [-0.39, 0.29) is 0 Å². The first kappa shape index (κ1) is 19.1. The Bertz CT molecular complexity index is 361. The molecule has 0 N–H and O–H groups in total. The van der Waals surface area contributed by atoms with Crippen molar-refractivity contribution in [3.63, 3.8) is 0 Å². The Balaban J connectivity index is 0.000000220. The highest BCUT2D eigenvalue weighted by molar-refractivity contribution is 5.04. The lowest BCUT2D eigenvalue weighted by molar-refractivity contribution is 0.686. The average molecular weight is 301 g/mol. The van der Waals surface area contributed by atoms with Crippen LogP contribution in [0.4, 0.5) is 0 Å². The monoisotopic (exact) mass is 300 g/mol. The van der Waals surface area contributed by atoms with Gasteiger partial charge in [-0.3, -0.25) is 0 Å². The molecule has 0 amide bonds. The fourth-order valence-corrected chi connectivity index (χ4v) is 3.11. The zero-order valence-electron chi connectivity index (χ0n) is 15.0. The first-order valence-electron chi connectivity index (χ1n) is 9.76. The maximum Gasteiger partial charge on any atom is 0.0202 e. The van der Waals surface area contributed by atoms with Gasteiger partial charge in [0.25, 0.3) is 0 Å². The van der Waals surface area contributed by atoms with Crippen molar-refractivity contribution in [2.75, 3.05) is 0 Å². The van der Waals surface area contributed by atoms with Crippen molar-refractivity contribution in [2.24, 2.45) is 11.8 Å². The molecule has 0 saturated heterocycles. The molecule has 0 heterocycles. The van der Waals surface area contributed by atoms with E-state index in [0.717, 1.165) is 18.3 Å². The largest absolute Gasteiger partial charge is 0.129 e. The van der Waals surface area contributed by atoms with Gasteiger partial charge >= 0.3 is 0 Å². The molecular weight excluding hydrogens is 264 g/mol. The van der Waals surface area contributed by atoms with Gasteiger partial charge in [0.05, 0.1) is 0 Å². The number of allylic oxidation sites excluding steroid dienone is 1. The van der Waals surface area contributed by atoms with Gasteiger partial charge in [-0.1, -0.05) is 58.3 Å². The maximum absolute atomic E-state index is 3.37. The third kappa shape index (κ3) is 9.92. The number of unbranched alkanes of at least 4 members (excludes halogenated alkanes) is 3. The topological polar surface area (TPSA) is 0 Å². The van der Waals surface area contributed by atoms with Gasteiger partial charge in [0.15, 0.2) is 0 Å². The molecule has 0 spiro atoms. The average Bonchev–Trinajstić information content (AvgIpc) is 3.22. The quantitative estimate of drug-likeness (QED) is 0.290. The van der Waals surface area contributed by atoms with E-state index in [9.17, 15) is 0 Å². The molecule has 0 aliphatic heterocycles. The molecule has 0 heteroatoms. The van der Waals surface area contributed by atoms with Gasteiger partial charge in [-0.2, -0.15) is 0 Å². The van der Waals surface area contributed by atoms with Crippen LogP contribution < -0.4 is 0 Å². The van der Waals surface area contributed by atoms with E-state index < -0.39 is 0 Å². The molecular formula is C22H36. The summed E-state index contributed by atoms with van der Waals surface area (Å²) >= 11 is 0. The molecule has 0 nitrogen and oxygen atoms in total. The summed E-state index contributed by atoms with van der Waals surface area (Å²) in [6.45, 7) is 4.42. The van der Waals surface area contributed by atoms with E-state index in [1.165, 1.54) is 77.0 Å². The van der Waals surface area contributed by atoms with Gasteiger partial charge in [0, 0.05) is 12.3 Å². The molecule has 2 saturated carbocycles. The summed E-state index contributed by atoms with van der Waals surface area (Å²) in [5, 5.41) is 0. The molecule has 0 aromatic rings. The van der Waals surface area contributed by atoms with Gasteiger partial charge in [-0.15, -0.1) is 11.7 Å². The summed E-state index contributed by atoms with van der Waals surface area (Å²) in [5.41, 5.74) is 3.28. The highest BCUT2D eigenvalue weighted by atomic mass is 14.2. The van der Waals surface area contributed by atoms with Crippen LogP contribution >= 0.6 is 0 Å². The minimum atomic E-state index is 0.756. The van der Waals surface area contributed by atoms with Crippen molar-refractivity contribution in [3.05, 3.63) is 17.9 Å². The summed E-state index contributed by atoms with van der Waals surface area (Å²) in [4.78, 5) is 0. The normalized spacial score (nSPS) is 17.9. The van der Waals surface area contributed by atoms with E-state index >= 15 is 0 Å². The SMILES string of the molecule is CCCC=C=CC1CCCC1.CCCCC#CC1CCCC1. The second kappa shape index (κ2) is 13.7. The lowest BCUT2D eigenvalue weighted by Crippen LogP contribution is -1.85. The van der Waals surface area contributed by atoms with Crippen molar-refractivity contribution in [1.82, 2.24) is 0 Å². The summed E-state index contributed by atoms with van der Waals surface area (Å²) < 4.78 is 0. The van der Waals surface area contributed by atoms with Crippen LogP contribution in [0.3, 0.4) is 0 Å². The van der Waals surface area contributed by atoms with Gasteiger partial charge in [0.1, 0.15) is 0 Å². The third-order valence-electron chi connectivity index (χ3n) is 4.60. The molecule has 0 aromatic heterocycles. The van der Waals surface area contributed by atoms with E-state index in [1.54, 1.807) is 0 Å². The van der Waals surface area contributed by atoms with Crippen LogP contribution in [0.1, 0.15) is 97.3 Å². The highest BCUT2D eigenvalue weighted by Crippen LogP contribution is 2.25. The summed E-state index contributed by atoms with van der Waals surface area (Å²) in [7, 11) is 0. The number of rotatable bonds is 5. The Labute approximate surface area is 139 Å². The van der Waals surface area contributed by atoms with Gasteiger partial charge in [-0.25, -0.2) is 0 Å². The summed E-state index contributed by atoms with van der Waals surface area (Å²) in [6.07, 6.45) is 21.7. The van der Waals surface area contributed by atoms with Crippen LogP contribution in [-0.2, 0) is 0 Å². The fourth-order valence-electron chi connectivity index (χ4n) is 3.11. The van der Waals surface area contributed by atoms with Gasteiger partial charge < -0.3 is 0 Å². The fraction of sp³-hybridized carbons (Fsp3) is 0.773. The van der Waals surface area contributed by atoms with Crippen LogP contribution in [0.25, 0.3) is 0 Å². The zero-order chi connectivity index (χ0) is 15.9. The number of hydrogen-bond acceptors (Lipinski definition) is 0.